The highest BCUT2D eigenvalue weighted by atomic mass is 32.1. The second-order valence-electron chi connectivity index (χ2n) is 6.85. The van der Waals surface area contributed by atoms with Crippen LogP contribution in [0.3, 0.4) is 0 Å². The van der Waals surface area contributed by atoms with Crippen molar-refractivity contribution in [3.63, 3.8) is 0 Å². The van der Waals surface area contributed by atoms with Gasteiger partial charge in [0, 0.05) is 35.4 Å². The molecular weight excluding hydrogens is 360 g/mol. The molecule has 3 amide bonds. The van der Waals surface area contributed by atoms with Crippen LogP contribution in [0.15, 0.2) is 41.9 Å². The Hall–Kier alpha value is -2.64. The largest absolute Gasteiger partial charge is 0.361 e. The third-order valence-corrected chi connectivity index (χ3v) is 6.01. The highest BCUT2D eigenvalue weighted by Gasteiger charge is 2.42. The Balaban J connectivity index is 1.56. The van der Waals surface area contributed by atoms with E-state index in [1.165, 1.54) is 4.90 Å². The van der Waals surface area contributed by atoms with Crippen LogP contribution in [-0.2, 0) is 24.2 Å². The van der Waals surface area contributed by atoms with Gasteiger partial charge in [0.15, 0.2) is 0 Å². The lowest BCUT2D eigenvalue weighted by molar-refractivity contribution is -0.128. The zero-order valence-corrected chi connectivity index (χ0v) is 16.0. The van der Waals surface area contributed by atoms with Gasteiger partial charge in [-0.3, -0.25) is 9.69 Å². The number of nitrogens with one attached hydrogen (secondary N) is 1. The standard InChI is InChI=1S/C20H22N4O2S/c1-23-18(10-15-3-2-8-27-15)19(25)24(20(23)26)12-13-4-5-17-16(9-13)14(6-7-21)11-22-17/h2-5,8-9,11,18,22H,6-7,10,12,21H2,1H3. The number of rotatable bonds is 6. The predicted octanol–water partition coefficient (Wildman–Crippen LogP) is 2.74. The van der Waals surface area contributed by atoms with Gasteiger partial charge in [-0.25, -0.2) is 4.79 Å². The van der Waals surface area contributed by atoms with Gasteiger partial charge in [-0.15, -0.1) is 11.3 Å². The highest BCUT2D eigenvalue weighted by Crippen LogP contribution is 2.25. The summed E-state index contributed by atoms with van der Waals surface area (Å²) in [6.45, 7) is 0.863. The fourth-order valence-corrected chi connectivity index (χ4v) is 4.36. The van der Waals surface area contributed by atoms with E-state index in [-0.39, 0.29) is 18.5 Å². The molecule has 3 N–H and O–H groups in total. The van der Waals surface area contributed by atoms with E-state index in [4.69, 9.17) is 5.73 Å². The topological polar surface area (TPSA) is 82.4 Å². The number of carbonyl (C=O) groups excluding carboxylic acids is 2. The molecule has 3 heterocycles. The minimum atomic E-state index is -0.431. The lowest BCUT2D eigenvalue weighted by Gasteiger charge is -2.15. The maximum Gasteiger partial charge on any atom is 0.327 e. The molecule has 27 heavy (non-hydrogen) atoms. The smallest absolute Gasteiger partial charge is 0.327 e. The number of nitrogens with zero attached hydrogens (tertiary/aromatic N) is 2. The van der Waals surface area contributed by atoms with Crippen molar-refractivity contribution in [2.45, 2.75) is 25.4 Å². The number of thiophene rings is 1. The summed E-state index contributed by atoms with van der Waals surface area (Å²) in [6, 6.07) is 9.28. The number of fused-ring (bicyclic) bond motifs is 1. The van der Waals surface area contributed by atoms with Gasteiger partial charge in [-0.05, 0) is 47.7 Å². The molecule has 1 atom stereocenters. The van der Waals surface area contributed by atoms with Crippen molar-refractivity contribution in [3.8, 4) is 0 Å². The van der Waals surface area contributed by atoms with E-state index in [0.717, 1.165) is 33.3 Å². The monoisotopic (exact) mass is 382 g/mol. The van der Waals surface area contributed by atoms with Crippen molar-refractivity contribution < 1.29 is 9.59 Å². The first kappa shape index (κ1) is 17.8. The number of hydrogen-bond donors (Lipinski definition) is 2. The number of hydrogen-bond acceptors (Lipinski definition) is 4. The molecule has 1 aliphatic heterocycles. The van der Waals surface area contributed by atoms with E-state index in [0.29, 0.717) is 13.0 Å². The number of H-pyrrole nitrogens is 1. The van der Waals surface area contributed by atoms with Crippen molar-refractivity contribution >= 4 is 34.2 Å². The Labute approximate surface area is 161 Å². The molecule has 4 rings (SSSR count). The van der Waals surface area contributed by atoms with Gasteiger partial charge in [-0.2, -0.15) is 0 Å². The molecule has 1 fully saturated rings. The second kappa shape index (κ2) is 7.17. The molecule has 0 spiro atoms. The average Bonchev–Trinajstić information content (AvgIpc) is 3.36. The van der Waals surface area contributed by atoms with E-state index < -0.39 is 6.04 Å². The maximum absolute atomic E-state index is 12.9. The number of aromatic amines is 1. The summed E-state index contributed by atoms with van der Waals surface area (Å²) in [5.41, 5.74) is 8.81. The quantitative estimate of drug-likeness (QED) is 0.643. The number of carbonyl (C=O) groups is 2. The van der Waals surface area contributed by atoms with Crippen molar-refractivity contribution in [2.24, 2.45) is 5.73 Å². The maximum atomic E-state index is 12.9. The molecule has 3 aromatic rings. The molecule has 1 unspecified atom stereocenters. The molecule has 0 aliphatic carbocycles. The molecule has 1 aromatic carbocycles. The molecule has 0 radical (unpaired) electrons. The first-order valence-electron chi connectivity index (χ1n) is 8.98. The Morgan fingerprint density at radius 2 is 2.11 bits per heavy atom. The van der Waals surface area contributed by atoms with Crippen LogP contribution < -0.4 is 5.73 Å². The Bertz CT molecular complexity index is 979. The van der Waals surface area contributed by atoms with Gasteiger partial charge in [-0.1, -0.05) is 12.1 Å². The first-order chi connectivity index (χ1) is 13.1. The van der Waals surface area contributed by atoms with Crippen LogP contribution in [0.5, 0.6) is 0 Å². The fraction of sp³-hybridized carbons (Fsp3) is 0.300. The second-order valence-corrected chi connectivity index (χ2v) is 7.88. The molecule has 1 saturated heterocycles. The zero-order valence-electron chi connectivity index (χ0n) is 15.1. The number of amides is 3. The number of likely N-dealkylation sites (N-methyl/N-ethyl adjacent to an activating group) is 1. The minimum Gasteiger partial charge on any atom is -0.361 e. The molecule has 6 nitrogen and oxygen atoms in total. The molecule has 1 aliphatic rings. The van der Waals surface area contributed by atoms with Gasteiger partial charge in [0.1, 0.15) is 6.04 Å². The zero-order chi connectivity index (χ0) is 19.0. The summed E-state index contributed by atoms with van der Waals surface area (Å²) < 4.78 is 0. The first-order valence-corrected chi connectivity index (χ1v) is 9.86. The van der Waals surface area contributed by atoms with E-state index in [1.807, 2.05) is 41.9 Å². The van der Waals surface area contributed by atoms with Crippen LogP contribution in [0.2, 0.25) is 0 Å². The fourth-order valence-electron chi connectivity index (χ4n) is 3.62. The Morgan fingerprint density at radius 1 is 1.26 bits per heavy atom. The normalized spacial score (nSPS) is 17.5. The van der Waals surface area contributed by atoms with Crippen molar-refractivity contribution in [3.05, 3.63) is 57.9 Å². The summed E-state index contributed by atoms with van der Waals surface area (Å²) in [5, 5.41) is 3.08. The average molecular weight is 382 g/mol. The van der Waals surface area contributed by atoms with Gasteiger partial charge < -0.3 is 15.6 Å². The van der Waals surface area contributed by atoms with Crippen LogP contribution in [0.4, 0.5) is 4.79 Å². The van der Waals surface area contributed by atoms with E-state index in [2.05, 4.69) is 4.98 Å². The molecule has 0 saturated carbocycles. The van der Waals surface area contributed by atoms with Crippen LogP contribution in [0.1, 0.15) is 16.0 Å². The van der Waals surface area contributed by atoms with Crippen molar-refractivity contribution in [2.75, 3.05) is 13.6 Å². The molecule has 2 aromatic heterocycles. The van der Waals surface area contributed by atoms with Gasteiger partial charge in [0.05, 0.1) is 6.54 Å². The summed E-state index contributed by atoms with van der Waals surface area (Å²) in [7, 11) is 1.70. The molecule has 0 bridgehead atoms. The lowest BCUT2D eigenvalue weighted by Crippen LogP contribution is -2.33. The molecule has 140 valence electrons. The van der Waals surface area contributed by atoms with Gasteiger partial charge in [0.25, 0.3) is 5.91 Å². The van der Waals surface area contributed by atoms with Crippen LogP contribution in [0.25, 0.3) is 10.9 Å². The van der Waals surface area contributed by atoms with Crippen LogP contribution in [0, 0.1) is 0 Å². The number of nitrogens with two attached hydrogens (primary N) is 1. The predicted molar refractivity (Wildman–Crippen MR) is 107 cm³/mol. The number of imide groups is 1. The minimum absolute atomic E-state index is 0.132. The van der Waals surface area contributed by atoms with E-state index in [1.54, 1.807) is 23.3 Å². The number of aromatic nitrogens is 1. The third-order valence-electron chi connectivity index (χ3n) is 5.11. The van der Waals surface area contributed by atoms with Gasteiger partial charge in [0.2, 0.25) is 0 Å². The van der Waals surface area contributed by atoms with E-state index >= 15 is 0 Å². The summed E-state index contributed by atoms with van der Waals surface area (Å²) in [4.78, 5) is 32.8. The number of urea groups is 1. The van der Waals surface area contributed by atoms with E-state index in [9.17, 15) is 9.59 Å². The summed E-state index contributed by atoms with van der Waals surface area (Å²) in [6.07, 6.45) is 3.32. The lowest BCUT2D eigenvalue weighted by atomic mass is 10.1. The highest BCUT2D eigenvalue weighted by molar-refractivity contribution is 7.09. The summed E-state index contributed by atoms with van der Waals surface area (Å²) >= 11 is 1.61. The Kier molecular flexibility index (Phi) is 4.72. The van der Waals surface area contributed by atoms with Crippen molar-refractivity contribution in [1.82, 2.24) is 14.8 Å². The van der Waals surface area contributed by atoms with Crippen LogP contribution in [-0.4, -0.2) is 46.4 Å². The molecule has 7 heteroatoms. The van der Waals surface area contributed by atoms with Crippen LogP contribution >= 0.6 is 11.3 Å². The Morgan fingerprint density at radius 3 is 2.85 bits per heavy atom. The SMILES string of the molecule is CN1C(=O)N(Cc2ccc3[nH]cc(CCN)c3c2)C(=O)C1Cc1cccs1. The number of benzene rings is 1. The summed E-state index contributed by atoms with van der Waals surface area (Å²) in [5.74, 6) is -0.132. The van der Waals surface area contributed by atoms with Gasteiger partial charge >= 0.3 is 6.03 Å². The van der Waals surface area contributed by atoms with Crippen molar-refractivity contribution in [1.29, 1.82) is 0 Å². The molecular formula is C20H22N4O2S. The third kappa shape index (κ3) is 3.24.